The van der Waals surface area contributed by atoms with E-state index in [0.717, 1.165) is 13.1 Å². The minimum atomic E-state index is -1.02. The van der Waals surface area contributed by atoms with Gasteiger partial charge in [0.15, 0.2) is 0 Å². The first kappa shape index (κ1) is 15.2. The van der Waals surface area contributed by atoms with E-state index >= 15 is 0 Å². The van der Waals surface area contributed by atoms with Crippen LogP contribution < -0.4 is 4.90 Å². The van der Waals surface area contributed by atoms with E-state index in [1.807, 2.05) is 24.8 Å². The van der Waals surface area contributed by atoms with E-state index in [0.29, 0.717) is 5.69 Å². The quantitative estimate of drug-likeness (QED) is 0.809. The van der Waals surface area contributed by atoms with Crippen LogP contribution in [0, 0.1) is 0 Å². The summed E-state index contributed by atoms with van der Waals surface area (Å²) in [4.78, 5) is 26.4. The molecule has 0 bridgehead atoms. The molecule has 0 fully saturated rings. The van der Waals surface area contributed by atoms with Crippen LogP contribution >= 0.6 is 0 Å². The number of hydrogen-bond donors (Lipinski definition) is 1. The minimum absolute atomic E-state index is 0.197. The standard InChI is InChI=1S/C14H20N2O3/c1-3-15(4-2)10-13(17)16(11-14(18)19)12-8-6-5-7-9-12/h5-9H,3-4,10-11H2,1-2H3,(H,18,19). The molecule has 0 saturated carbocycles. The number of nitrogens with zero attached hydrogens (tertiary/aromatic N) is 2. The lowest BCUT2D eigenvalue weighted by Gasteiger charge is -2.25. The van der Waals surface area contributed by atoms with Crippen molar-refractivity contribution in [3.05, 3.63) is 30.3 Å². The number of carbonyl (C=O) groups is 2. The van der Waals surface area contributed by atoms with Crippen molar-refractivity contribution in [1.29, 1.82) is 0 Å². The summed E-state index contributed by atoms with van der Waals surface area (Å²) in [5.41, 5.74) is 0.613. The van der Waals surface area contributed by atoms with E-state index in [1.165, 1.54) is 4.90 Å². The number of benzene rings is 1. The zero-order chi connectivity index (χ0) is 14.3. The van der Waals surface area contributed by atoms with Gasteiger partial charge in [-0.05, 0) is 25.2 Å². The van der Waals surface area contributed by atoms with Crippen molar-refractivity contribution in [2.45, 2.75) is 13.8 Å². The summed E-state index contributed by atoms with van der Waals surface area (Å²) in [5.74, 6) is -1.21. The highest BCUT2D eigenvalue weighted by atomic mass is 16.4. The smallest absolute Gasteiger partial charge is 0.323 e. The monoisotopic (exact) mass is 264 g/mol. The zero-order valence-electron chi connectivity index (χ0n) is 11.4. The fourth-order valence-electron chi connectivity index (χ4n) is 1.79. The molecule has 0 aliphatic heterocycles. The van der Waals surface area contributed by atoms with Crippen LogP contribution in [0.2, 0.25) is 0 Å². The second-order valence-corrected chi connectivity index (χ2v) is 4.17. The predicted octanol–water partition coefficient (Wildman–Crippen LogP) is 1.45. The average Bonchev–Trinajstić information content (AvgIpc) is 2.42. The van der Waals surface area contributed by atoms with Crippen LogP contribution in [0.4, 0.5) is 5.69 Å². The topological polar surface area (TPSA) is 60.9 Å². The van der Waals surface area contributed by atoms with E-state index in [1.54, 1.807) is 24.3 Å². The lowest BCUT2D eigenvalue weighted by Crippen LogP contribution is -2.42. The van der Waals surface area contributed by atoms with Crippen LogP contribution in [0.5, 0.6) is 0 Å². The van der Waals surface area contributed by atoms with Gasteiger partial charge in [0.2, 0.25) is 5.91 Å². The molecular formula is C14H20N2O3. The van der Waals surface area contributed by atoms with Gasteiger partial charge in [-0.25, -0.2) is 0 Å². The third kappa shape index (κ3) is 4.71. The highest BCUT2D eigenvalue weighted by Gasteiger charge is 2.20. The largest absolute Gasteiger partial charge is 0.480 e. The molecule has 0 spiro atoms. The summed E-state index contributed by atoms with van der Waals surface area (Å²) in [6.45, 7) is 5.39. The molecule has 1 aromatic rings. The van der Waals surface area contributed by atoms with Gasteiger partial charge in [0.1, 0.15) is 6.54 Å². The molecule has 1 aromatic carbocycles. The van der Waals surface area contributed by atoms with E-state index in [9.17, 15) is 9.59 Å². The highest BCUT2D eigenvalue weighted by Crippen LogP contribution is 2.13. The number of aliphatic carboxylic acids is 1. The molecule has 5 heteroatoms. The Labute approximate surface area is 113 Å². The van der Waals surface area contributed by atoms with E-state index < -0.39 is 5.97 Å². The van der Waals surface area contributed by atoms with Crippen molar-refractivity contribution in [2.24, 2.45) is 0 Å². The third-order valence-electron chi connectivity index (χ3n) is 2.92. The first-order chi connectivity index (χ1) is 9.08. The Balaban J connectivity index is 2.85. The highest BCUT2D eigenvalue weighted by molar-refractivity contribution is 5.98. The molecule has 0 aliphatic carbocycles. The zero-order valence-corrected chi connectivity index (χ0v) is 11.4. The number of likely N-dealkylation sites (N-methyl/N-ethyl adjacent to an activating group) is 1. The predicted molar refractivity (Wildman–Crippen MR) is 74.2 cm³/mol. The summed E-state index contributed by atoms with van der Waals surface area (Å²) in [6.07, 6.45) is 0. The summed E-state index contributed by atoms with van der Waals surface area (Å²) < 4.78 is 0. The van der Waals surface area contributed by atoms with E-state index in [4.69, 9.17) is 5.11 Å². The molecule has 0 unspecified atom stereocenters. The van der Waals surface area contributed by atoms with Crippen molar-refractivity contribution in [2.75, 3.05) is 31.1 Å². The van der Waals surface area contributed by atoms with Gasteiger partial charge in [-0.15, -0.1) is 0 Å². The third-order valence-corrected chi connectivity index (χ3v) is 2.92. The molecule has 0 heterocycles. The Bertz CT molecular complexity index is 416. The lowest BCUT2D eigenvalue weighted by molar-refractivity contribution is -0.136. The molecule has 1 rings (SSSR count). The Morgan fingerprint density at radius 2 is 1.63 bits per heavy atom. The average molecular weight is 264 g/mol. The van der Waals surface area contributed by atoms with E-state index in [2.05, 4.69) is 0 Å². The fourth-order valence-corrected chi connectivity index (χ4v) is 1.79. The minimum Gasteiger partial charge on any atom is -0.480 e. The van der Waals surface area contributed by atoms with E-state index in [-0.39, 0.29) is 19.0 Å². The maximum absolute atomic E-state index is 12.2. The lowest BCUT2D eigenvalue weighted by atomic mass is 10.2. The van der Waals surface area contributed by atoms with Crippen molar-refractivity contribution >= 4 is 17.6 Å². The van der Waals surface area contributed by atoms with Crippen LogP contribution in [0.1, 0.15) is 13.8 Å². The molecule has 0 saturated heterocycles. The van der Waals surface area contributed by atoms with Crippen molar-refractivity contribution in [1.82, 2.24) is 4.90 Å². The van der Waals surface area contributed by atoms with Gasteiger partial charge in [-0.1, -0.05) is 32.0 Å². The number of carbonyl (C=O) groups excluding carboxylic acids is 1. The van der Waals surface area contributed by atoms with Crippen LogP contribution in [-0.4, -0.2) is 48.1 Å². The van der Waals surface area contributed by atoms with Crippen molar-refractivity contribution in [3.8, 4) is 0 Å². The summed E-state index contributed by atoms with van der Waals surface area (Å²) in [5, 5.41) is 8.94. The van der Waals surface area contributed by atoms with Gasteiger partial charge < -0.3 is 10.0 Å². The first-order valence-corrected chi connectivity index (χ1v) is 6.38. The molecule has 19 heavy (non-hydrogen) atoms. The normalized spacial score (nSPS) is 10.5. The first-order valence-electron chi connectivity index (χ1n) is 6.38. The number of carboxylic acids is 1. The maximum Gasteiger partial charge on any atom is 0.323 e. The summed E-state index contributed by atoms with van der Waals surface area (Å²) in [6, 6.07) is 8.88. The summed E-state index contributed by atoms with van der Waals surface area (Å²) >= 11 is 0. The number of rotatable bonds is 7. The number of para-hydroxylation sites is 1. The number of carboxylic acid groups (broad SMARTS) is 1. The van der Waals surface area contributed by atoms with Gasteiger partial charge in [0.05, 0.1) is 6.54 Å². The molecule has 104 valence electrons. The Morgan fingerprint density at radius 1 is 1.05 bits per heavy atom. The van der Waals surface area contributed by atoms with Gasteiger partial charge in [-0.2, -0.15) is 0 Å². The molecule has 0 radical (unpaired) electrons. The molecule has 0 atom stereocenters. The maximum atomic E-state index is 12.2. The molecule has 0 aliphatic rings. The second kappa shape index (κ2) is 7.53. The molecule has 1 N–H and O–H groups in total. The van der Waals surface area contributed by atoms with Crippen LogP contribution in [0.3, 0.4) is 0 Å². The van der Waals surface area contributed by atoms with Crippen LogP contribution in [0.25, 0.3) is 0 Å². The van der Waals surface area contributed by atoms with Crippen LogP contribution in [0.15, 0.2) is 30.3 Å². The Kier molecular flexibility index (Phi) is 6.02. The SMILES string of the molecule is CCN(CC)CC(=O)N(CC(=O)O)c1ccccc1. The Morgan fingerprint density at radius 3 is 2.11 bits per heavy atom. The molecule has 0 aromatic heterocycles. The number of anilines is 1. The van der Waals surface area contributed by atoms with Gasteiger partial charge in [0.25, 0.3) is 0 Å². The Hall–Kier alpha value is -1.88. The van der Waals surface area contributed by atoms with Gasteiger partial charge in [0, 0.05) is 5.69 Å². The number of hydrogen-bond acceptors (Lipinski definition) is 3. The summed E-state index contributed by atoms with van der Waals surface area (Å²) in [7, 11) is 0. The van der Waals surface area contributed by atoms with Crippen molar-refractivity contribution in [3.63, 3.8) is 0 Å². The van der Waals surface area contributed by atoms with Crippen LogP contribution in [-0.2, 0) is 9.59 Å². The molecule has 1 amide bonds. The fraction of sp³-hybridized carbons (Fsp3) is 0.429. The van der Waals surface area contributed by atoms with Crippen molar-refractivity contribution < 1.29 is 14.7 Å². The number of amides is 1. The molecule has 5 nitrogen and oxygen atoms in total. The van der Waals surface area contributed by atoms with Gasteiger partial charge in [-0.3, -0.25) is 14.5 Å². The van der Waals surface area contributed by atoms with Gasteiger partial charge >= 0.3 is 5.97 Å². The second-order valence-electron chi connectivity index (χ2n) is 4.17. The molecular weight excluding hydrogens is 244 g/mol.